The quantitative estimate of drug-likeness (QED) is 0.193. The standard InChI is InChI=1S/C44H24N4S/c45-25-28-10-9-18-40(48-39-17-7-3-13-32(39)34-23-35-33-14-4-8-19-42(33)49-43(35)24-41(34)48)44(28)27-20-21-36(29(22-27)26-46)47-37-15-5-1-11-30(37)31-12-2-6-16-38(31)47/h1-24H. The van der Waals surface area contributed by atoms with E-state index in [-0.39, 0.29) is 0 Å². The molecule has 5 heteroatoms. The Labute approximate surface area is 285 Å². The number of fused-ring (bicyclic) bond motifs is 9. The highest BCUT2D eigenvalue weighted by molar-refractivity contribution is 7.25. The van der Waals surface area contributed by atoms with E-state index >= 15 is 0 Å². The van der Waals surface area contributed by atoms with Gasteiger partial charge in [-0.3, -0.25) is 0 Å². The Balaban J connectivity index is 1.25. The number of hydrogen-bond acceptors (Lipinski definition) is 3. The Morgan fingerprint density at radius 1 is 0.408 bits per heavy atom. The fourth-order valence-electron chi connectivity index (χ4n) is 7.73. The topological polar surface area (TPSA) is 57.4 Å². The summed E-state index contributed by atoms with van der Waals surface area (Å²) < 4.78 is 6.95. The van der Waals surface area contributed by atoms with Gasteiger partial charge in [0.1, 0.15) is 6.07 Å². The van der Waals surface area contributed by atoms with E-state index in [1.165, 1.54) is 25.6 Å². The number of benzene rings is 7. The first-order valence-electron chi connectivity index (χ1n) is 16.1. The van der Waals surface area contributed by atoms with Crippen LogP contribution in [0.2, 0.25) is 0 Å². The molecule has 10 rings (SSSR count). The summed E-state index contributed by atoms with van der Waals surface area (Å²) in [5.74, 6) is 0. The lowest BCUT2D eigenvalue weighted by Crippen LogP contribution is -2.01. The Morgan fingerprint density at radius 3 is 1.67 bits per heavy atom. The molecular weight excluding hydrogens is 617 g/mol. The second kappa shape index (κ2) is 10.4. The smallest absolute Gasteiger partial charge is 0.101 e. The van der Waals surface area contributed by atoms with Gasteiger partial charge in [-0.15, -0.1) is 11.3 Å². The van der Waals surface area contributed by atoms with Crippen molar-refractivity contribution in [1.82, 2.24) is 9.13 Å². The summed E-state index contributed by atoms with van der Waals surface area (Å²) in [7, 11) is 0. The number of nitriles is 2. The zero-order chi connectivity index (χ0) is 32.6. The molecule has 10 aromatic rings. The van der Waals surface area contributed by atoms with Crippen LogP contribution >= 0.6 is 11.3 Å². The Morgan fingerprint density at radius 2 is 1.00 bits per heavy atom. The molecule has 3 aromatic heterocycles. The van der Waals surface area contributed by atoms with Gasteiger partial charge in [-0.1, -0.05) is 84.9 Å². The third-order valence-corrected chi connectivity index (χ3v) is 10.9. The van der Waals surface area contributed by atoms with E-state index in [1.54, 1.807) is 11.3 Å². The average molecular weight is 641 g/mol. The zero-order valence-electron chi connectivity index (χ0n) is 26.1. The number of thiophene rings is 1. The second-order valence-corrected chi connectivity index (χ2v) is 13.4. The molecule has 0 saturated carbocycles. The zero-order valence-corrected chi connectivity index (χ0v) is 26.9. The van der Waals surface area contributed by atoms with Gasteiger partial charge in [0.05, 0.1) is 50.6 Å². The van der Waals surface area contributed by atoms with Gasteiger partial charge in [-0.2, -0.15) is 10.5 Å². The van der Waals surface area contributed by atoms with Crippen LogP contribution in [0.3, 0.4) is 0 Å². The van der Waals surface area contributed by atoms with Crippen molar-refractivity contribution in [1.29, 1.82) is 10.5 Å². The fourth-order valence-corrected chi connectivity index (χ4v) is 8.85. The lowest BCUT2D eigenvalue weighted by Gasteiger charge is -2.17. The molecule has 0 fully saturated rings. The number of para-hydroxylation sites is 3. The first-order chi connectivity index (χ1) is 24.2. The molecule has 0 aliphatic carbocycles. The predicted molar refractivity (Wildman–Crippen MR) is 203 cm³/mol. The van der Waals surface area contributed by atoms with Crippen molar-refractivity contribution in [2.24, 2.45) is 0 Å². The molecule has 0 unspecified atom stereocenters. The molecule has 7 aromatic carbocycles. The fraction of sp³-hybridized carbons (Fsp3) is 0. The molecule has 0 amide bonds. The molecule has 0 spiro atoms. The first kappa shape index (κ1) is 27.5. The molecule has 0 bridgehead atoms. The second-order valence-electron chi connectivity index (χ2n) is 12.3. The highest BCUT2D eigenvalue weighted by atomic mass is 32.1. The molecule has 0 atom stereocenters. The maximum absolute atomic E-state index is 10.6. The van der Waals surface area contributed by atoms with Crippen molar-refractivity contribution in [3.63, 3.8) is 0 Å². The van der Waals surface area contributed by atoms with Gasteiger partial charge in [0.2, 0.25) is 0 Å². The maximum Gasteiger partial charge on any atom is 0.101 e. The van der Waals surface area contributed by atoms with Crippen molar-refractivity contribution >= 4 is 75.1 Å². The molecule has 0 N–H and O–H groups in total. The first-order valence-corrected chi connectivity index (χ1v) is 17.0. The Hall–Kier alpha value is -6.66. The van der Waals surface area contributed by atoms with Gasteiger partial charge in [-0.05, 0) is 66.2 Å². The van der Waals surface area contributed by atoms with Crippen molar-refractivity contribution in [3.8, 4) is 34.6 Å². The van der Waals surface area contributed by atoms with Gasteiger partial charge >= 0.3 is 0 Å². The van der Waals surface area contributed by atoms with E-state index in [4.69, 9.17) is 0 Å². The number of rotatable bonds is 3. The summed E-state index contributed by atoms with van der Waals surface area (Å²) >= 11 is 1.80. The van der Waals surface area contributed by atoms with Gasteiger partial charge in [0.15, 0.2) is 0 Å². The molecule has 0 saturated heterocycles. The lowest BCUT2D eigenvalue weighted by molar-refractivity contribution is 1.16. The average Bonchev–Trinajstić information content (AvgIpc) is 3.80. The van der Waals surface area contributed by atoms with Gasteiger partial charge in [0, 0.05) is 47.3 Å². The van der Waals surface area contributed by atoms with Crippen molar-refractivity contribution in [3.05, 3.63) is 157 Å². The molecular formula is C44H24N4S. The molecule has 0 radical (unpaired) electrons. The van der Waals surface area contributed by atoms with Crippen LogP contribution in [0, 0.1) is 22.7 Å². The third-order valence-electron chi connectivity index (χ3n) is 9.80. The predicted octanol–water partition coefficient (Wildman–Crippen LogP) is 11.7. The van der Waals surface area contributed by atoms with E-state index in [0.717, 1.165) is 60.7 Å². The minimum absolute atomic E-state index is 0.539. The molecule has 0 aliphatic heterocycles. The van der Waals surface area contributed by atoms with Crippen molar-refractivity contribution in [2.45, 2.75) is 0 Å². The lowest BCUT2D eigenvalue weighted by atomic mass is 9.95. The van der Waals surface area contributed by atoms with E-state index < -0.39 is 0 Å². The highest BCUT2D eigenvalue weighted by Crippen LogP contribution is 2.43. The van der Waals surface area contributed by atoms with Crippen LogP contribution in [0.25, 0.3) is 86.3 Å². The van der Waals surface area contributed by atoms with Gasteiger partial charge in [0.25, 0.3) is 0 Å². The summed E-state index contributed by atoms with van der Waals surface area (Å²) in [4.78, 5) is 0. The minimum atomic E-state index is 0.539. The van der Waals surface area contributed by atoms with Crippen LogP contribution in [-0.2, 0) is 0 Å². The summed E-state index contributed by atoms with van der Waals surface area (Å²) in [5.41, 5.74) is 8.67. The Bertz CT molecular complexity index is 3030. The number of hydrogen-bond donors (Lipinski definition) is 0. The molecule has 3 heterocycles. The number of aromatic nitrogens is 2. The normalized spacial score (nSPS) is 11.6. The monoisotopic (exact) mass is 640 g/mol. The van der Waals surface area contributed by atoms with Crippen LogP contribution in [0.4, 0.5) is 0 Å². The third kappa shape index (κ3) is 3.88. The molecule has 0 aliphatic rings. The summed E-state index contributed by atoms with van der Waals surface area (Å²) in [5, 5.41) is 28.2. The summed E-state index contributed by atoms with van der Waals surface area (Å²) in [6.07, 6.45) is 0. The van der Waals surface area contributed by atoms with E-state index in [2.05, 4.69) is 118 Å². The molecule has 226 valence electrons. The highest BCUT2D eigenvalue weighted by Gasteiger charge is 2.21. The molecule has 49 heavy (non-hydrogen) atoms. The summed E-state index contributed by atoms with van der Waals surface area (Å²) in [6, 6.07) is 55.2. The van der Waals surface area contributed by atoms with Crippen molar-refractivity contribution < 1.29 is 0 Å². The maximum atomic E-state index is 10.6. The molecule has 4 nitrogen and oxygen atoms in total. The van der Waals surface area contributed by atoms with Crippen LogP contribution in [0.5, 0.6) is 0 Å². The van der Waals surface area contributed by atoms with Crippen LogP contribution in [-0.4, -0.2) is 9.13 Å². The van der Waals surface area contributed by atoms with E-state index in [9.17, 15) is 10.5 Å². The SMILES string of the molecule is N#Cc1cc(-c2c(C#N)cccc2-n2c3ccccc3c3cc4c(cc32)sc2ccccc24)ccc1-n1c2ccccc2c2ccccc21. The van der Waals surface area contributed by atoms with Crippen molar-refractivity contribution in [2.75, 3.05) is 0 Å². The van der Waals surface area contributed by atoms with Gasteiger partial charge < -0.3 is 9.13 Å². The van der Waals surface area contributed by atoms with Crippen LogP contribution in [0.1, 0.15) is 11.1 Å². The van der Waals surface area contributed by atoms with E-state index in [1.807, 2.05) is 48.5 Å². The minimum Gasteiger partial charge on any atom is -0.309 e. The van der Waals surface area contributed by atoms with Crippen LogP contribution < -0.4 is 0 Å². The van der Waals surface area contributed by atoms with Crippen LogP contribution in [0.15, 0.2) is 146 Å². The Kier molecular flexibility index (Phi) is 5.84. The largest absolute Gasteiger partial charge is 0.309 e. The van der Waals surface area contributed by atoms with Gasteiger partial charge in [-0.25, -0.2) is 0 Å². The van der Waals surface area contributed by atoms with E-state index in [0.29, 0.717) is 11.1 Å². The summed E-state index contributed by atoms with van der Waals surface area (Å²) in [6.45, 7) is 0. The number of nitrogens with zero attached hydrogens (tertiary/aromatic N) is 4.